The summed E-state index contributed by atoms with van der Waals surface area (Å²) in [6.07, 6.45) is 0.993. The fourth-order valence-corrected chi connectivity index (χ4v) is 1.92. The van der Waals surface area contributed by atoms with Crippen molar-refractivity contribution in [2.75, 3.05) is 0 Å². The summed E-state index contributed by atoms with van der Waals surface area (Å²) in [5, 5.41) is 12.5. The molecule has 100 valence electrons. The van der Waals surface area contributed by atoms with Crippen LogP contribution in [0, 0.1) is 5.41 Å². The van der Waals surface area contributed by atoms with E-state index in [1.165, 1.54) is 11.6 Å². The van der Waals surface area contributed by atoms with E-state index in [9.17, 15) is 4.79 Å². The van der Waals surface area contributed by atoms with E-state index in [0.717, 1.165) is 12.0 Å². The van der Waals surface area contributed by atoms with Crippen LogP contribution in [0.4, 0.5) is 0 Å². The number of nitrogens with zero attached hydrogens (tertiary/aromatic N) is 1. The van der Waals surface area contributed by atoms with Gasteiger partial charge in [0.05, 0.1) is 0 Å². The number of hydrogen-bond acceptors (Lipinski definition) is 3. The molecule has 0 bridgehead atoms. The van der Waals surface area contributed by atoms with E-state index in [1.807, 2.05) is 24.3 Å². The van der Waals surface area contributed by atoms with Crippen molar-refractivity contribution in [3.8, 4) is 11.3 Å². The molecule has 0 atom stereocenters. The average Bonchev–Trinajstić information content (AvgIpc) is 2.77. The predicted molar refractivity (Wildman–Crippen MR) is 72.1 cm³/mol. The molecular formula is C15H17NO3. The standard InChI is InChI=1S/C15H17NO3/c1-15(2,3)9-10-4-6-11(7-5-10)12-8-13(14(17)18)19-16-12/h4-8H,9H2,1-3H3,(H,17,18). The first-order chi connectivity index (χ1) is 8.85. The van der Waals surface area contributed by atoms with E-state index in [2.05, 4.69) is 25.9 Å². The van der Waals surface area contributed by atoms with Crippen molar-refractivity contribution in [1.29, 1.82) is 0 Å². The zero-order valence-corrected chi connectivity index (χ0v) is 11.3. The molecule has 0 amide bonds. The number of carboxylic acids is 1. The quantitative estimate of drug-likeness (QED) is 0.914. The summed E-state index contributed by atoms with van der Waals surface area (Å²) >= 11 is 0. The molecule has 1 heterocycles. The Balaban J connectivity index is 2.20. The van der Waals surface area contributed by atoms with Crippen molar-refractivity contribution in [3.05, 3.63) is 41.7 Å². The number of carboxylic acid groups (broad SMARTS) is 1. The lowest BCUT2D eigenvalue weighted by molar-refractivity contribution is 0.0652. The molecule has 0 aliphatic carbocycles. The number of aromatic nitrogens is 1. The van der Waals surface area contributed by atoms with E-state index < -0.39 is 5.97 Å². The van der Waals surface area contributed by atoms with Crippen LogP contribution in [-0.2, 0) is 6.42 Å². The van der Waals surface area contributed by atoms with Crippen molar-refractivity contribution in [2.24, 2.45) is 5.41 Å². The highest BCUT2D eigenvalue weighted by atomic mass is 16.5. The molecular weight excluding hydrogens is 242 g/mol. The molecule has 1 N–H and O–H groups in total. The molecule has 1 aromatic carbocycles. The Morgan fingerprint density at radius 2 is 1.89 bits per heavy atom. The molecule has 0 aliphatic rings. The summed E-state index contributed by atoms with van der Waals surface area (Å²) in [5.41, 5.74) is 2.89. The van der Waals surface area contributed by atoms with Gasteiger partial charge in [-0.2, -0.15) is 0 Å². The molecule has 0 spiro atoms. The third-order valence-corrected chi connectivity index (χ3v) is 2.71. The SMILES string of the molecule is CC(C)(C)Cc1ccc(-c2cc(C(=O)O)on2)cc1. The van der Waals surface area contributed by atoms with Crippen LogP contribution in [0.3, 0.4) is 0 Å². The van der Waals surface area contributed by atoms with Crippen LogP contribution in [0.25, 0.3) is 11.3 Å². The van der Waals surface area contributed by atoms with Crippen molar-refractivity contribution in [1.82, 2.24) is 5.16 Å². The summed E-state index contributed by atoms with van der Waals surface area (Å²) in [5.74, 6) is -1.25. The second-order valence-electron chi connectivity index (χ2n) is 5.82. The molecule has 0 saturated heterocycles. The number of aromatic carboxylic acids is 1. The van der Waals surface area contributed by atoms with Gasteiger partial charge in [0.25, 0.3) is 0 Å². The molecule has 4 nitrogen and oxygen atoms in total. The van der Waals surface area contributed by atoms with Gasteiger partial charge in [0, 0.05) is 11.6 Å². The van der Waals surface area contributed by atoms with Gasteiger partial charge in [0.15, 0.2) is 0 Å². The Hall–Kier alpha value is -2.10. The summed E-state index contributed by atoms with van der Waals surface area (Å²) in [6.45, 7) is 6.58. The first kappa shape index (κ1) is 13.3. The van der Waals surface area contributed by atoms with Crippen molar-refractivity contribution < 1.29 is 14.4 Å². The van der Waals surface area contributed by atoms with E-state index in [1.54, 1.807) is 0 Å². The van der Waals surface area contributed by atoms with E-state index in [4.69, 9.17) is 9.63 Å². The van der Waals surface area contributed by atoms with Crippen LogP contribution in [0.1, 0.15) is 36.9 Å². The molecule has 2 aromatic rings. The lowest BCUT2D eigenvalue weighted by Crippen LogP contribution is -2.08. The van der Waals surface area contributed by atoms with Gasteiger partial charge in [-0.25, -0.2) is 4.79 Å². The Morgan fingerprint density at radius 3 is 2.37 bits per heavy atom. The Kier molecular flexibility index (Phi) is 3.42. The number of hydrogen-bond donors (Lipinski definition) is 1. The first-order valence-corrected chi connectivity index (χ1v) is 6.14. The van der Waals surface area contributed by atoms with Crippen molar-refractivity contribution >= 4 is 5.97 Å². The topological polar surface area (TPSA) is 63.3 Å². The average molecular weight is 259 g/mol. The van der Waals surface area contributed by atoms with Crippen LogP contribution >= 0.6 is 0 Å². The highest BCUT2D eigenvalue weighted by Crippen LogP contribution is 2.24. The van der Waals surface area contributed by atoms with Gasteiger partial charge in [-0.3, -0.25) is 0 Å². The zero-order valence-electron chi connectivity index (χ0n) is 11.3. The van der Waals surface area contributed by atoms with E-state index >= 15 is 0 Å². The van der Waals surface area contributed by atoms with Crippen LogP contribution in [0.15, 0.2) is 34.9 Å². The molecule has 0 fully saturated rings. The number of carbonyl (C=O) groups is 1. The van der Waals surface area contributed by atoms with Gasteiger partial charge in [0.2, 0.25) is 5.76 Å². The fraction of sp³-hybridized carbons (Fsp3) is 0.333. The van der Waals surface area contributed by atoms with Gasteiger partial charge in [-0.15, -0.1) is 0 Å². The van der Waals surface area contributed by atoms with Gasteiger partial charge < -0.3 is 9.63 Å². The summed E-state index contributed by atoms with van der Waals surface area (Å²) < 4.78 is 4.74. The fourth-order valence-electron chi connectivity index (χ4n) is 1.92. The summed E-state index contributed by atoms with van der Waals surface area (Å²) in [6, 6.07) is 9.38. The van der Waals surface area contributed by atoms with Crippen molar-refractivity contribution in [2.45, 2.75) is 27.2 Å². The molecule has 2 rings (SSSR count). The van der Waals surface area contributed by atoms with Gasteiger partial charge in [-0.1, -0.05) is 50.2 Å². The second kappa shape index (κ2) is 4.88. The van der Waals surface area contributed by atoms with E-state index in [-0.39, 0.29) is 11.2 Å². The molecule has 0 aliphatic heterocycles. The zero-order chi connectivity index (χ0) is 14.0. The van der Waals surface area contributed by atoms with Crippen LogP contribution in [0.5, 0.6) is 0 Å². The maximum absolute atomic E-state index is 10.7. The molecule has 0 saturated carbocycles. The van der Waals surface area contributed by atoms with Crippen LogP contribution in [0.2, 0.25) is 0 Å². The Bertz CT molecular complexity index is 576. The number of benzene rings is 1. The van der Waals surface area contributed by atoms with Gasteiger partial charge >= 0.3 is 5.97 Å². The maximum Gasteiger partial charge on any atom is 0.374 e. The molecule has 1 aromatic heterocycles. The highest BCUT2D eigenvalue weighted by molar-refractivity contribution is 5.85. The summed E-state index contributed by atoms with van der Waals surface area (Å²) in [7, 11) is 0. The lowest BCUT2D eigenvalue weighted by Gasteiger charge is -2.18. The minimum absolute atomic E-state index is 0.145. The van der Waals surface area contributed by atoms with Gasteiger partial charge in [0.1, 0.15) is 5.69 Å². The molecule has 0 unspecified atom stereocenters. The van der Waals surface area contributed by atoms with E-state index in [0.29, 0.717) is 5.69 Å². The minimum atomic E-state index is -1.11. The Labute approximate surface area is 112 Å². The molecule has 0 radical (unpaired) electrons. The second-order valence-corrected chi connectivity index (χ2v) is 5.82. The normalized spacial score (nSPS) is 11.5. The van der Waals surface area contributed by atoms with Crippen LogP contribution in [-0.4, -0.2) is 16.2 Å². The lowest BCUT2D eigenvalue weighted by atomic mass is 9.88. The Morgan fingerprint density at radius 1 is 1.26 bits per heavy atom. The molecule has 4 heteroatoms. The monoisotopic (exact) mass is 259 g/mol. The predicted octanol–water partition coefficient (Wildman–Crippen LogP) is 3.63. The first-order valence-electron chi connectivity index (χ1n) is 6.14. The van der Waals surface area contributed by atoms with Crippen LogP contribution < -0.4 is 0 Å². The van der Waals surface area contributed by atoms with Crippen molar-refractivity contribution in [3.63, 3.8) is 0 Å². The van der Waals surface area contributed by atoms with Gasteiger partial charge in [-0.05, 0) is 17.4 Å². The maximum atomic E-state index is 10.7. The minimum Gasteiger partial charge on any atom is -0.475 e. The molecule has 19 heavy (non-hydrogen) atoms. The third-order valence-electron chi connectivity index (χ3n) is 2.71. The number of rotatable bonds is 3. The largest absolute Gasteiger partial charge is 0.475 e. The summed E-state index contributed by atoms with van der Waals surface area (Å²) in [4.78, 5) is 10.7. The smallest absolute Gasteiger partial charge is 0.374 e. The third kappa shape index (κ3) is 3.44. The highest BCUT2D eigenvalue weighted by Gasteiger charge is 2.13.